The second kappa shape index (κ2) is 7.97. The Hall–Kier alpha value is -2.08. The highest BCUT2D eigenvalue weighted by atomic mass is 16.5. The van der Waals surface area contributed by atoms with E-state index in [2.05, 4.69) is 5.32 Å². The van der Waals surface area contributed by atoms with Crippen LogP contribution in [0.2, 0.25) is 0 Å². The van der Waals surface area contributed by atoms with Crippen LogP contribution in [0, 0.1) is 0 Å². The van der Waals surface area contributed by atoms with Crippen LogP contribution in [0.3, 0.4) is 0 Å². The van der Waals surface area contributed by atoms with E-state index in [1.807, 2.05) is 6.92 Å². The van der Waals surface area contributed by atoms with Gasteiger partial charge in [0.05, 0.1) is 0 Å². The molecule has 0 spiro atoms. The number of hydrogen-bond donors (Lipinski definition) is 2. The van der Waals surface area contributed by atoms with Gasteiger partial charge in [0, 0.05) is 12.3 Å². The maximum Gasteiger partial charge on any atom is 0.256 e. The second-order valence-corrected chi connectivity index (χ2v) is 5.72. The van der Waals surface area contributed by atoms with Gasteiger partial charge in [0.2, 0.25) is 0 Å². The molecule has 1 aliphatic carbocycles. The number of carbonyl (C=O) groups excluding carboxylic acids is 2. The monoisotopic (exact) mass is 320 g/mol. The van der Waals surface area contributed by atoms with E-state index in [1.165, 1.54) is 0 Å². The van der Waals surface area contributed by atoms with Crippen molar-refractivity contribution in [3.8, 4) is 5.75 Å². The highest BCUT2D eigenvalue weighted by molar-refractivity contribution is 5.97. The van der Waals surface area contributed by atoms with Crippen molar-refractivity contribution in [3.63, 3.8) is 0 Å². The van der Waals surface area contributed by atoms with Crippen molar-refractivity contribution in [2.24, 2.45) is 5.73 Å². The summed E-state index contributed by atoms with van der Waals surface area (Å²) in [6.07, 6.45) is 4.67. The van der Waals surface area contributed by atoms with Crippen LogP contribution in [0.5, 0.6) is 5.75 Å². The predicted octanol–water partition coefficient (Wildman–Crippen LogP) is 2.23. The van der Waals surface area contributed by atoms with Crippen LogP contribution >= 0.6 is 0 Å². The maximum absolute atomic E-state index is 12.7. The number of rotatable bonds is 7. The van der Waals surface area contributed by atoms with Crippen LogP contribution in [0.25, 0.3) is 0 Å². The summed E-state index contributed by atoms with van der Waals surface area (Å²) < 4.78 is 11.0. The van der Waals surface area contributed by atoms with Gasteiger partial charge in [-0.25, -0.2) is 0 Å². The molecule has 0 saturated heterocycles. The predicted molar refractivity (Wildman–Crippen MR) is 87.2 cm³/mol. The van der Waals surface area contributed by atoms with Crippen molar-refractivity contribution >= 4 is 17.5 Å². The largest absolute Gasteiger partial charge is 0.484 e. The topological polar surface area (TPSA) is 90.7 Å². The Morgan fingerprint density at radius 3 is 2.39 bits per heavy atom. The summed E-state index contributed by atoms with van der Waals surface area (Å²) >= 11 is 0. The van der Waals surface area contributed by atoms with Crippen LogP contribution in [0.1, 0.15) is 39.0 Å². The minimum absolute atomic E-state index is 0.0927. The van der Waals surface area contributed by atoms with E-state index in [4.69, 9.17) is 15.2 Å². The third-order valence-electron chi connectivity index (χ3n) is 3.99. The number of ether oxygens (including phenoxy) is 2. The molecule has 0 radical (unpaired) electrons. The van der Waals surface area contributed by atoms with E-state index in [0.717, 1.165) is 32.1 Å². The van der Waals surface area contributed by atoms with Crippen molar-refractivity contribution in [2.75, 3.05) is 18.5 Å². The first-order valence-corrected chi connectivity index (χ1v) is 8.02. The van der Waals surface area contributed by atoms with Gasteiger partial charge in [0.1, 0.15) is 11.4 Å². The molecular weight excluding hydrogens is 296 g/mol. The fourth-order valence-corrected chi connectivity index (χ4v) is 2.87. The van der Waals surface area contributed by atoms with Gasteiger partial charge in [0.15, 0.2) is 6.61 Å². The van der Waals surface area contributed by atoms with Crippen LogP contribution in [-0.4, -0.2) is 30.6 Å². The molecule has 3 N–H and O–H groups in total. The Morgan fingerprint density at radius 1 is 1.17 bits per heavy atom. The third kappa shape index (κ3) is 4.69. The second-order valence-electron chi connectivity index (χ2n) is 5.72. The third-order valence-corrected chi connectivity index (χ3v) is 3.99. The molecule has 0 heterocycles. The molecule has 1 aromatic carbocycles. The normalized spacial score (nSPS) is 16.6. The Bertz CT molecular complexity index is 531. The molecule has 1 aliphatic rings. The molecule has 126 valence electrons. The molecule has 0 atom stereocenters. The molecule has 23 heavy (non-hydrogen) atoms. The zero-order valence-electron chi connectivity index (χ0n) is 13.5. The smallest absolute Gasteiger partial charge is 0.256 e. The Labute approximate surface area is 136 Å². The summed E-state index contributed by atoms with van der Waals surface area (Å²) in [5, 5.41) is 2.92. The first-order valence-electron chi connectivity index (χ1n) is 8.02. The molecule has 2 amide bonds. The SMILES string of the molecule is CCOC1(C(=O)Nc2ccc(OCC(N)=O)cc2)CCCCC1. The number of amides is 2. The van der Waals surface area contributed by atoms with Gasteiger partial charge in [-0.1, -0.05) is 19.3 Å². The molecule has 6 heteroatoms. The number of carbonyl (C=O) groups is 2. The van der Waals surface area contributed by atoms with E-state index in [9.17, 15) is 9.59 Å². The minimum Gasteiger partial charge on any atom is -0.484 e. The van der Waals surface area contributed by atoms with Gasteiger partial charge in [-0.15, -0.1) is 0 Å². The van der Waals surface area contributed by atoms with Crippen molar-refractivity contribution < 1.29 is 19.1 Å². The van der Waals surface area contributed by atoms with Crippen molar-refractivity contribution in [1.29, 1.82) is 0 Å². The summed E-state index contributed by atoms with van der Waals surface area (Å²) in [4.78, 5) is 23.3. The lowest BCUT2D eigenvalue weighted by molar-refractivity contribution is -0.145. The number of nitrogens with one attached hydrogen (secondary N) is 1. The summed E-state index contributed by atoms with van der Waals surface area (Å²) in [6, 6.07) is 6.84. The first kappa shape index (κ1) is 17.3. The zero-order chi connectivity index (χ0) is 16.7. The lowest BCUT2D eigenvalue weighted by Gasteiger charge is -2.35. The molecule has 1 saturated carbocycles. The number of anilines is 1. The number of nitrogens with two attached hydrogens (primary N) is 1. The fraction of sp³-hybridized carbons (Fsp3) is 0.529. The summed E-state index contributed by atoms with van der Waals surface area (Å²) in [5.41, 5.74) is 4.99. The molecule has 1 fully saturated rings. The van der Waals surface area contributed by atoms with Crippen LogP contribution < -0.4 is 15.8 Å². The highest BCUT2D eigenvalue weighted by Gasteiger charge is 2.40. The molecule has 1 aromatic rings. The molecule has 0 bridgehead atoms. The lowest BCUT2D eigenvalue weighted by Crippen LogP contribution is -2.47. The highest BCUT2D eigenvalue weighted by Crippen LogP contribution is 2.33. The van der Waals surface area contributed by atoms with Gasteiger partial charge >= 0.3 is 0 Å². The minimum atomic E-state index is -0.714. The van der Waals surface area contributed by atoms with Crippen molar-refractivity contribution in [2.45, 2.75) is 44.6 Å². The molecular formula is C17H24N2O4. The lowest BCUT2D eigenvalue weighted by atomic mass is 9.83. The van der Waals surface area contributed by atoms with Gasteiger partial charge in [-0.2, -0.15) is 0 Å². The maximum atomic E-state index is 12.7. The Kier molecular flexibility index (Phi) is 5.98. The van der Waals surface area contributed by atoms with Crippen molar-refractivity contribution in [3.05, 3.63) is 24.3 Å². The van der Waals surface area contributed by atoms with E-state index >= 15 is 0 Å². The Balaban J connectivity index is 1.99. The zero-order valence-corrected chi connectivity index (χ0v) is 13.5. The van der Waals surface area contributed by atoms with Crippen LogP contribution in [0.15, 0.2) is 24.3 Å². The average molecular weight is 320 g/mol. The molecule has 0 aliphatic heterocycles. The molecule has 2 rings (SSSR count). The van der Waals surface area contributed by atoms with Crippen molar-refractivity contribution in [1.82, 2.24) is 0 Å². The van der Waals surface area contributed by atoms with Gasteiger partial charge in [-0.3, -0.25) is 9.59 Å². The summed E-state index contributed by atoms with van der Waals surface area (Å²) in [7, 11) is 0. The fourth-order valence-electron chi connectivity index (χ4n) is 2.87. The Morgan fingerprint density at radius 2 is 1.83 bits per heavy atom. The van der Waals surface area contributed by atoms with E-state index in [0.29, 0.717) is 18.0 Å². The molecule has 6 nitrogen and oxygen atoms in total. The van der Waals surface area contributed by atoms with Gasteiger partial charge in [-0.05, 0) is 44.0 Å². The first-order chi connectivity index (χ1) is 11.1. The number of benzene rings is 1. The number of primary amides is 1. The molecule has 0 aromatic heterocycles. The standard InChI is InChI=1S/C17H24N2O4/c1-2-23-17(10-4-3-5-11-17)16(21)19-13-6-8-14(9-7-13)22-12-15(18)20/h6-9H,2-5,10-12H2,1H3,(H2,18,20)(H,19,21). The van der Waals surface area contributed by atoms with E-state index < -0.39 is 11.5 Å². The molecule has 0 unspecified atom stereocenters. The van der Waals surface area contributed by atoms with Crippen LogP contribution in [-0.2, 0) is 14.3 Å². The van der Waals surface area contributed by atoms with Crippen LogP contribution in [0.4, 0.5) is 5.69 Å². The van der Waals surface area contributed by atoms with E-state index in [1.54, 1.807) is 24.3 Å². The average Bonchev–Trinajstić information content (AvgIpc) is 2.55. The van der Waals surface area contributed by atoms with E-state index in [-0.39, 0.29) is 12.5 Å². The number of hydrogen-bond acceptors (Lipinski definition) is 4. The van der Waals surface area contributed by atoms with Gasteiger partial charge < -0.3 is 20.5 Å². The quantitative estimate of drug-likeness (QED) is 0.806. The van der Waals surface area contributed by atoms with Gasteiger partial charge in [0.25, 0.3) is 11.8 Å². The summed E-state index contributed by atoms with van der Waals surface area (Å²) in [6.45, 7) is 2.26. The summed E-state index contributed by atoms with van der Waals surface area (Å²) in [5.74, 6) is -0.0952.